The van der Waals surface area contributed by atoms with Gasteiger partial charge in [-0.3, -0.25) is 5.43 Å². The van der Waals surface area contributed by atoms with Gasteiger partial charge in [-0.2, -0.15) is 5.10 Å². The molecule has 0 amide bonds. The highest BCUT2D eigenvalue weighted by atomic mass is 79.9. The van der Waals surface area contributed by atoms with E-state index in [4.69, 9.17) is 11.6 Å². The molecule has 5 heteroatoms. The van der Waals surface area contributed by atoms with Gasteiger partial charge in [0, 0.05) is 19.8 Å². The van der Waals surface area contributed by atoms with Gasteiger partial charge < -0.3 is 0 Å². The Morgan fingerprint density at radius 1 is 1.31 bits per heavy atom. The van der Waals surface area contributed by atoms with Gasteiger partial charge in [-0.1, -0.05) is 11.6 Å². The van der Waals surface area contributed by atoms with Crippen LogP contribution in [-0.4, -0.2) is 6.21 Å². The molecule has 0 saturated carbocycles. The standard InChI is InChI=1S/C11H8BrClN2S/c12-8-5-11(16-7-8)6-14-15-10-3-1-9(13)2-4-10/h1-7,15H/b14-6-. The summed E-state index contributed by atoms with van der Waals surface area (Å²) in [5.41, 5.74) is 3.84. The van der Waals surface area contributed by atoms with Gasteiger partial charge in [0.25, 0.3) is 0 Å². The van der Waals surface area contributed by atoms with Gasteiger partial charge in [0.15, 0.2) is 0 Å². The summed E-state index contributed by atoms with van der Waals surface area (Å²) in [6.45, 7) is 0. The Kier molecular flexibility index (Phi) is 3.98. The molecule has 16 heavy (non-hydrogen) atoms. The van der Waals surface area contributed by atoms with Crippen LogP contribution in [0.3, 0.4) is 0 Å². The van der Waals surface area contributed by atoms with Crippen LogP contribution in [0.5, 0.6) is 0 Å². The molecule has 0 aliphatic heterocycles. The van der Waals surface area contributed by atoms with E-state index in [9.17, 15) is 0 Å². The Bertz CT molecular complexity index is 493. The van der Waals surface area contributed by atoms with Crippen LogP contribution in [-0.2, 0) is 0 Å². The Hall–Kier alpha value is -0.840. The lowest BCUT2D eigenvalue weighted by Gasteiger charge is -1.98. The van der Waals surface area contributed by atoms with Gasteiger partial charge in [-0.25, -0.2) is 0 Å². The zero-order valence-electron chi connectivity index (χ0n) is 8.15. The van der Waals surface area contributed by atoms with Crippen molar-refractivity contribution < 1.29 is 0 Å². The molecule has 2 aromatic rings. The van der Waals surface area contributed by atoms with E-state index in [1.165, 1.54) is 0 Å². The molecule has 0 radical (unpaired) electrons. The fourth-order valence-electron chi connectivity index (χ4n) is 1.09. The smallest absolute Gasteiger partial charge is 0.0644 e. The molecular weight excluding hydrogens is 308 g/mol. The summed E-state index contributed by atoms with van der Waals surface area (Å²) in [6, 6.07) is 9.41. The van der Waals surface area contributed by atoms with Crippen molar-refractivity contribution in [1.29, 1.82) is 0 Å². The average Bonchev–Trinajstić information content (AvgIpc) is 2.67. The number of nitrogens with one attached hydrogen (secondary N) is 1. The fraction of sp³-hybridized carbons (Fsp3) is 0. The van der Waals surface area contributed by atoms with Crippen LogP contribution in [0.25, 0.3) is 0 Å². The van der Waals surface area contributed by atoms with E-state index in [0.29, 0.717) is 0 Å². The zero-order valence-corrected chi connectivity index (χ0v) is 11.3. The Labute approximate surface area is 111 Å². The number of hydrogen-bond acceptors (Lipinski definition) is 3. The normalized spacial score (nSPS) is 10.9. The molecule has 0 spiro atoms. The topological polar surface area (TPSA) is 24.4 Å². The molecule has 1 heterocycles. The molecule has 82 valence electrons. The second-order valence-corrected chi connectivity index (χ2v) is 5.34. The summed E-state index contributed by atoms with van der Waals surface area (Å²) in [4.78, 5) is 1.09. The molecule has 0 fully saturated rings. The van der Waals surface area contributed by atoms with Gasteiger partial charge >= 0.3 is 0 Å². The van der Waals surface area contributed by atoms with Crippen molar-refractivity contribution >= 4 is 50.8 Å². The first kappa shape index (κ1) is 11.6. The van der Waals surface area contributed by atoms with Gasteiger partial charge in [-0.15, -0.1) is 11.3 Å². The number of anilines is 1. The number of hydrazone groups is 1. The first-order valence-electron chi connectivity index (χ1n) is 4.53. The van der Waals surface area contributed by atoms with Crippen LogP contribution in [0.1, 0.15) is 4.88 Å². The number of benzene rings is 1. The Morgan fingerprint density at radius 3 is 2.69 bits per heavy atom. The van der Waals surface area contributed by atoms with E-state index in [1.807, 2.05) is 35.7 Å². The van der Waals surface area contributed by atoms with Gasteiger partial charge in [0.05, 0.1) is 11.9 Å². The van der Waals surface area contributed by atoms with Crippen LogP contribution in [0.2, 0.25) is 5.02 Å². The van der Waals surface area contributed by atoms with Crippen molar-refractivity contribution in [3.8, 4) is 0 Å². The molecular formula is C11H8BrClN2S. The maximum absolute atomic E-state index is 5.77. The minimum Gasteiger partial charge on any atom is -0.278 e. The summed E-state index contributed by atoms with van der Waals surface area (Å²) >= 11 is 10.8. The summed E-state index contributed by atoms with van der Waals surface area (Å²) < 4.78 is 1.07. The van der Waals surface area contributed by atoms with Crippen molar-refractivity contribution in [3.63, 3.8) is 0 Å². The predicted molar refractivity (Wildman–Crippen MR) is 74.7 cm³/mol. The number of thiophene rings is 1. The summed E-state index contributed by atoms with van der Waals surface area (Å²) in [5.74, 6) is 0. The first-order chi connectivity index (χ1) is 7.74. The molecule has 2 rings (SSSR count). The average molecular weight is 316 g/mol. The lowest BCUT2D eigenvalue weighted by atomic mass is 10.3. The molecule has 0 saturated heterocycles. The molecule has 1 aromatic heterocycles. The molecule has 0 aliphatic rings. The maximum atomic E-state index is 5.77. The maximum Gasteiger partial charge on any atom is 0.0644 e. The minimum atomic E-state index is 0.719. The third-order valence-electron chi connectivity index (χ3n) is 1.82. The second kappa shape index (κ2) is 5.48. The SMILES string of the molecule is Clc1ccc(N/N=C\c2cc(Br)cs2)cc1. The van der Waals surface area contributed by atoms with Crippen molar-refractivity contribution in [2.75, 3.05) is 5.43 Å². The highest BCUT2D eigenvalue weighted by Gasteiger charge is 1.93. The summed E-state index contributed by atoms with van der Waals surface area (Å²) in [5, 5.41) is 6.86. The third kappa shape index (κ3) is 3.33. The lowest BCUT2D eigenvalue weighted by molar-refractivity contribution is 1.35. The Morgan fingerprint density at radius 2 is 2.06 bits per heavy atom. The van der Waals surface area contributed by atoms with Crippen molar-refractivity contribution in [1.82, 2.24) is 0 Å². The minimum absolute atomic E-state index is 0.719. The van der Waals surface area contributed by atoms with Crippen LogP contribution in [0.15, 0.2) is 45.3 Å². The van der Waals surface area contributed by atoms with Crippen molar-refractivity contribution in [2.45, 2.75) is 0 Å². The van der Waals surface area contributed by atoms with Crippen molar-refractivity contribution in [3.05, 3.63) is 50.1 Å². The van der Waals surface area contributed by atoms with E-state index >= 15 is 0 Å². The van der Waals surface area contributed by atoms with Gasteiger partial charge in [0.1, 0.15) is 0 Å². The van der Waals surface area contributed by atoms with E-state index in [1.54, 1.807) is 17.6 Å². The molecule has 0 aliphatic carbocycles. The number of nitrogens with zero attached hydrogens (tertiary/aromatic N) is 1. The van der Waals surface area contributed by atoms with Crippen LogP contribution >= 0.6 is 38.9 Å². The second-order valence-electron chi connectivity index (χ2n) is 3.04. The van der Waals surface area contributed by atoms with Gasteiger partial charge in [-0.05, 0) is 46.3 Å². The van der Waals surface area contributed by atoms with Crippen molar-refractivity contribution in [2.24, 2.45) is 5.10 Å². The largest absolute Gasteiger partial charge is 0.278 e. The lowest BCUT2D eigenvalue weighted by Crippen LogP contribution is -1.88. The quantitative estimate of drug-likeness (QED) is 0.649. The fourth-order valence-corrected chi connectivity index (χ4v) is 2.52. The highest BCUT2D eigenvalue weighted by Crippen LogP contribution is 2.18. The molecule has 0 unspecified atom stereocenters. The molecule has 1 aromatic carbocycles. The highest BCUT2D eigenvalue weighted by molar-refractivity contribution is 9.10. The Balaban J connectivity index is 1.97. The van der Waals surface area contributed by atoms with Crippen LogP contribution in [0, 0.1) is 0 Å². The summed E-state index contributed by atoms with van der Waals surface area (Å²) in [7, 11) is 0. The molecule has 1 N–H and O–H groups in total. The van der Waals surface area contributed by atoms with Crippen LogP contribution < -0.4 is 5.43 Å². The number of halogens is 2. The molecule has 2 nitrogen and oxygen atoms in total. The summed E-state index contributed by atoms with van der Waals surface area (Å²) in [6.07, 6.45) is 1.78. The van der Waals surface area contributed by atoms with E-state index in [-0.39, 0.29) is 0 Å². The molecule has 0 bridgehead atoms. The number of hydrogen-bond donors (Lipinski definition) is 1. The van der Waals surface area contributed by atoms with Gasteiger partial charge in [0.2, 0.25) is 0 Å². The van der Waals surface area contributed by atoms with E-state index in [2.05, 4.69) is 26.5 Å². The van der Waals surface area contributed by atoms with E-state index < -0.39 is 0 Å². The zero-order chi connectivity index (χ0) is 11.4. The monoisotopic (exact) mass is 314 g/mol. The third-order valence-corrected chi connectivity index (χ3v) is 3.70. The van der Waals surface area contributed by atoms with E-state index in [0.717, 1.165) is 20.1 Å². The number of rotatable bonds is 3. The van der Waals surface area contributed by atoms with Crippen LogP contribution in [0.4, 0.5) is 5.69 Å². The predicted octanol–water partition coefficient (Wildman–Crippen LogP) is 4.61. The first-order valence-corrected chi connectivity index (χ1v) is 6.58. The molecule has 0 atom stereocenters.